The van der Waals surface area contributed by atoms with E-state index in [4.69, 9.17) is 4.74 Å². The van der Waals surface area contributed by atoms with Crippen LogP contribution in [-0.2, 0) is 14.8 Å². The number of carbonyl (C=O) groups is 1. The number of rotatable bonds is 8. The Bertz CT molecular complexity index is 925. The van der Waals surface area contributed by atoms with Crippen molar-refractivity contribution in [2.75, 3.05) is 18.0 Å². The van der Waals surface area contributed by atoms with E-state index in [9.17, 15) is 13.2 Å². The first-order chi connectivity index (χ1) is 13.1. The number of methoxy groups -OCH3 is 1. The molecule has 152 valence electrons. The first kappa shape index (κ1) is 21.8. The summed E-state index contributed by atoms with van der Waals surface area (Å²) in [6, 6.07) is 13.3. The molecule has 1 amide bonds. The van der Waals surface area contributed by atoms with Gasteiger partial charge in [-0.3, -0.25) is 9.10 Å². The first-order valence-electron chi connectivity index (χ1n) is 9.14. The third kappa shape index (κ3) is 5.04. The van der Waals surface area contributed by atoms with E-state index in [0.29, 0.717) is 17.0 Å². The summed E-state index contributed by atoms with van der Waals surface area (Å²) in [5, 5.41) is 2.89. The van der Waals surface area contributed by atoms with E-state index >= 15 is 0 Å². The molecule has 7 heteroatoms. The van der Waals surface area contributed by atoms with Crippen LogP contribution in [0.5, 0.6) is 5.75 Å². The van der Waals surface area contributed by atoms with Crippen molar-refractivity contribution in [2.45, 2.75) is 44.6 Å². The van der Waals surface area contributed by atoms with Crippen LogP contribution in [0.4, 0.5) is 5.69 Å². The molecule has 0 spiro atoms. The summed E-state index contributed by atoms with van der Waals surface area (Å²) in [5.41, 5.74) is 0.716. The highest BCUT2D eigenvalue weighted by atomic mass is 32.2. The second-order valence-corrected chi connectivity index (χ2v) is 9.13. The van der Waals surface area contributed by atoms with E-state index < -0.39 is 15.6 Å². The van der Waals surface area contributed by atoms with Crippen molar-refractivity contribution in [1.29, 1.82) is 0 Å². The molecule has 2 aromatic rings. The van der Waals surface area contributed by atoms with Crippen LogP contribution in [0.3, 0.4) is 0 Å². The van der Waals surface area contributed by atoms with Crippen LogP contribution in [0.2, 0.25) is 0 Å². The van der Waals surface area contributed by atoms with Crippen molar-refractivity contribution >= 4 is 21.6 Å². The zero-order valence-corrected chi connectivity index (χ0v) is 17.8. The number of para-hydroxylation sites is 1. The highest BCUT2D eigenvalue weighted by Gasteiger charge is 2.29. The minimum absolute atomic E-state index is 0.109. The molecular weight excluding hydrogens is 376 g/mol. The second kappa shape index (κ2) is 8.65. The number of sulfonamides is 1. The molecule has 6 nitrogen and oxygen atoms in total. The summed E-state index contributed by atoms with van der Waals surface area (Å²) in [6.07, 6.45) is 0.731. The molecule has 0 aliphatic carbocycles. The highest BCUT2D eigenvalue weighted by Crippen LogP contribution is 2.27. The second-order valence-electron chi connectivity index (χ2n) is 7.26. The van der Waals surface area contributed by atoms with Gasteiger partial charge in [-0.1, -0.05) is 25.1 Å². The van der Waals surface area contributed by atoms with Gasteiger partial charge in [-0.2, -0.15) is 0 Å². The van der Waals surface area contributed by atoms with Gasteiger partial charge >= 0.3 is 0 Å². The van der Waals surface area contributed by atoms with Crippen LogP contribution in [0.1, 0.15) is 32.8 Å². The quantitative estimate of drug-likeness (QED) is 0.731. The Morgan fingerprint density at radius 1 is 1.14 bits per heavy atom. The fraction of sp³-hybridized carbons (Fsp3) is 0.381. The summed E-state index contributed by atoms with van der Waals surface area (Å²) in [4.78, 5) is 12.7. The van der Waals surface area contributed by atoms with Gasteiger partial charge in [-0.25, -0.2) is 8.42 Å². The zero-order chi connectivity index (χ0) is 20.9. The fourth-order valence-corrected chi connectivity index (χ4v) is 4.19. The summed E-state index contributed by atoms with van der Waals surface area (Å²) < 4.78 is 33.1. The molecule has 1 N–H and O–H groups in total. The predicted octanol–water partition coefficient (Wildman–Crippen LogP) is 3.50. The van der Waals surface area contributed by atoms with Crippen molar-refractivity contribution in [3.8, 4) is 5.75 Å². The number of aryl methyl sites for hydroxylation is 1. The van der Waals surface area contributed by atoms with Crippen LogP contribution in [-0.4, -0.2) is 33.5 Å². The average molecular weight is 405 g/mol. The third-order valence-corrected chi connectivity index (χ3v) is 6.42. The number of carbonyl (C=O) groups excluding carboxylic acids is 1. The fourth-order valence-electron chi connectivity index (χ4n) is 2.68. The van der Waals surface area contributed by atoms with Gasteiger partial charge in [0.1, 0.15) is 12.3 Å². The van der Waals surface area contributed by atoms with Crippen molar-refractivity contribution in [3.63, 3.8) is 0 Å². The van der Waals surface area contributed by atoms with Crippen molar-refractivity contribution in [2.24, 2.45) is 0 Å². The number of anilines is 1. The van der Waals surface area contributed by atoms with Gasteiger partial charge in [0.25, 0.3) is 10.0 Å². The van der Waals surface area contributed by atoms with E-state index in [1.54, 1.807) is 49.4 Å². The van der Waals surface area contributed by atoms with Crippen LogP contribution < -0.4 is 14.4 Å². The Morgan fingerprint density at radius 3 is 2.32 bits per heavy atom. The topological polar surface area (TPSA) is 75.7 Å². The van der Waals surface area contributed by atoms with E-state index in [1.165, 1.54) is 13.2 Å². The number of hydrogen-bond acceptors (Lipinski definition) is 4. The van der Waals surface area contributed by atoms with E-state index in [-0.39, 0.29) is 17.3 Å². The van der Waals surface area contributed by atoms with Gasteiger partial charge in [0, 0.05) is 5.54 Å². The number of ether oxygens (including phenoxy) is 1. The number of nitrogens with one attached hydrogen (secondary N) is 1. The Hall–Kier alpha value is -2.54. The number of nitrogens with zero attached hydrogens (tertiary/aromatic N) is 1. The van der Waals surface area contributed by atoms with Crippen LogP contribution in [0.15, 0.2) is 53.4 Å². The zero-order valence-electron chi connectivity index (χ0n) is 17.0. The molecule has 0 bridgehead atoms. The van der Waals surface area contributed by atoms with Gasteiger partial charge in [-0.05, 0) is 63.1 Å². The molecule has 0 aromatic heterocycles. The van der Waals surface area contributed by atoms with Gasteiger partial charge in [0.15, 0.2) is 0 Å². The molecule has 0 heterocycles. The molecule has 0 saturated carbocycles. The monoisotopic (exact) mass is 404 g/mol. The lowest BCUT2D eigenvalue weighted by atomic mass is 10.0. The van der Waals surface area contributed by atoms with Gasteiger partial charge in [0.2, 0.25) is 5.91 Å². The molecule has 0 fully saturated rings. The maximum absolute atomic E-state index is 13.4. The van der Waals surface area contributed by atoms with Gasteiger partial charge in [0.05, 0.1) is 17.7 Å². The summed E-state index contributed by atoms with van der Waals surface area (Å²) >= 11 is 0. The molecule has 0 atom stereocenters. The van der Waals surface area contributed by atoms with Crippen LogP contribution in [0, 0.1) is 6.92 Å². The molecule has 0 unspecified atom stereocenters. The third-order valence-electron chi connectivity index (χ3n) is 4.65. The first-order valence-corrected chi connectivity index (χ1v) is 10.6. The molecule has 2 aromatic carbocycles. The largest absolute Gasteiger partial charge is 0.496 e. The Labute approximate surface area is 167 Å². The minimum atomic E-state index is -3.94. The minimum Gasteiger partial charge on any atom is -0.496 e. The maximum Gasteiger partial charge on any atom is 0.264 e. The lowest BCUT2D eigenvalue weighted by Crippen LogP contribution is -2.48. The molecule has 0 aliphatic rings. The SMILES string of the molecule is CCC(C)(C)NC(=O)CN(c1ccccc1)S(=O)(=O)c1ccc(OC)c(C)c1. The molecule has 0 aliphatic heterocycles. The Kier molecular flexibility index (Phi) is 6.72. The normalized spacial score (nSPS) is 11.8. The van der Waals surface area contributed by atoms with E-state index in [2.05, 4.69) is 5.32 Å². The average Bonchev–Trinajstić information content (AvgIpc) is 2.66. The summed E-state index contributed by atoms with van der Waals surface area (Å²) in [5.74, 6) is 0.247. The molecular formula is C21H28N2O4S. The molecule has 0 saturated heterocycles. The molecule has 28 heavy (non-hydrogen) atoms. The van der Waals surface area contributed by atoms with Crippen molar-refractivity contribution < 1.29 is 17.9 Å². The summed E-state index contributed by atoms with van der Waals surface area (Å²) in [6.45, 7) is 7.24. The number of hydrogen-bond donors (Lipinski definition) is 1. The van der Waals surface area contributed by atoms with Crippen molar-refractivity contribution in [3.05, 3.63) is 54.1 Å². The Balaban J connectivity index is 2.44. The molecule has 2 rings (SSSR count). The van der Waals surface area contributed by atoms with E-state index in [0.717, 1.165) is 10.7 Å². The van der Waals surface area contributed by atoms with Gasteiger partial charge < -0.3 is 10.1 Å². The lowest BCUT2D eigenvalue weighted by molar-refractivity contribution is -0.121. The maximum atomic E-state index is 13.4. The Morgan fingerprint density at radius 2 is 1.79 bits per heavy atom. The number of amides is 1. The summed E-state index contributed by atoms with van der Waals surface area (Å²) in [7, 11) is -2.41. The molecule has 0 radical (unpaired) electrons. The van der Waals surface area contributed by atoms with Crippen molar-refractivity contribution in [1.82, 2.24) is 5.32 Å². The predicted molar refractivity (Wildman–Crippen MR) is 111 cm³/mol. The van der Waals surface area contributed by atoms with E-state index in [1.807, 2.05) is 20.8 Å². The van der Waals surface area contributed by atoms with Gasteiger partial charge in [-0.15, -0.1) is 0 Å². The van der Waals surface area contributed by atoms with Crippen LogP contribution >= 0.6 is 0 Å². The highest BCUT2D eigenvalue weighted by molar-refractivity contribution is 7.92. The standard InChI is InChI=1S/C21H28N2O4S/c1-6-21(3,4)22-20(24)15-23(17-10-8-7-9-11-17)28(25,26)18-12-13-19(27-5)16(2)14-18/h7-14H,6,15H2,1-5H3,(H,22,24). The lowest BCUT2D eigenvalue weighted by Gasteiger charge is -2.28. The van der Waals surface area contributed by atoms with Crippen LogP contribution in [0.25, 0.3) is 0 Å². The number of benzene rings is 2. The smallest absolute Gasteiger partial charge is 0.264 e.